The van der Waals surface area contributed by atoms with Gasteiger partial charge in [-0.25, -0.2) is 0 Å². The van der Waals surface area contributed by atoms with Crippen molar-refractivity contribution in [1.82, 2.24) is 4.98 Å². The van der Waals surface area contributed by atoms with Crippen LogP contribution >= 0.6 is 11.3 Å². The van der Waals surface area contributed by atoms with Gasteiger partial charge in [-0.2, -0.15) is 0 Å². The Labute approximate surface area is 173 Å². The molecule has 0 saturated heterocycles. The minimum atomic E-state index is -1.39. The van der Waals surface area contributed by atoms with Crippen LogP contribution in [0, 0.1) is 0 Å². The van der Waals surface area contributed by atoms with E-state index in [0.717, 1.165) is 5.69 Å². The number of rotatable bonds is 6. The second-order valence-corrected chi connectivity index (χ2v) is 14.9. The third kappa shape index (κ3) is 3.78. The van der Waals surface area contributed by atoms with Crippen molar-refractivity contribution >= 4 is 44.8 Å². The molecule has 0 saturated carbocycles. The molecule has 0 aliphatic carbocycles. The van der Waals surface area contributed by atoms with Crippen molar-refractivity contribution in [3.63, 3.8) is 0 Å². The Bertz CT molecular complexity index is 1120. The topological polar surface area (TPSA) is 12.9 Å². The summed E-state index contributed by atoms with van der Waals surface area (Å²) in [4.78, 5) is 4.91. The summed E-state index contributed by atoms with van der Waals surface area (Å²) in [6.07, 6.45) is 7.19. The Morgan fingerprint density at radius 2 is 1.68 bits per heavy atom. The van der Waals surface area contributed by atoms with Crippen LogP contribution in [0.3, 0.4) is 0 Å². The maximum atomic E-state index is 4.91. The molecule has 0 bridgehead atoms. The van der Waals surface area contributed by atoms with E-state index in [9.17, 15) is 0 Å². The predicted molar refractivity (Wildman–Crippen MR) is 129 cm³/mol. The highest BCUT2D eigenvalue weighted by atomic mass is 32.1. The summed E-state index contributed by atoms with van der Waals surface area (Å²) in [7, 11) is -1.39. The minimum absolute atomic E-state index is 1.12. The van der Waals surface area contributed by atoms with Crippen LogP contribution in [0.2, 0.25) is 19.6 Å². The molecule has 0 aliphatic rings. The van der Waals surface area contributed by atoms with Gasteiger partial charge in [0.15, 0.2) is 0 Å². The normalized spacial score (nSPS) is 12.1. The van der Waals surface area contributed by atoms with Crippen LogP contribution in [0.4, 0.5) is 0 Å². The van der Waals surface area contributed by atoms with Crippen molar-refractivity contribution < 1.29 is 0 Å². The van der Waals surface area contributed by atoms with Gasteiger partial charge in [-0.15, -0.1) is 11.3 Å². The number of fused-ring (bicyclic) bond motifs is 3. The molecule has 4 rings (SSSR count). The molecule has 144 valence electrons. The first-order chi connectivity index (χ1) is 13.5. The van der Waals surface area contributed by atoms with Crippen LogP contribution in [0.25, 0.3) is 31.4 Å². The largest absolute Gasteiger partial charge is 0.256 e. The van der Waals surface area contributed by atoms with Crippen LogP contribution in [-0.4, -0.2) is 13.1 Å². The van der Waals surface area contributed by atoms with Crippen molar-refractivity contribution in [2.45, 2.75) is 52.2 Å². The van der Waals surface area contributed by atoms with Crippen molar-refractivity contribution in [1.29, 1.82) is 0 Å². The zero-order chi connectivity index (χ0) is 19.7. The molecule has 0 amide bonds. The Kier molecular flexibility index (Phi) is 5.39. The first kappa shape index (κ1) is 19.3. The van der Waals surface area contributed by atoms with Gasteiger partial charge in [-0.3, -0.25) is 4.98 Å². The van der Waals surface area contributed by atoms with Gasteiger partial charge >= 0.3 is 0 Å². The molecular weight excluding hydrogens is 374 g/mol. The number of nitrogens with zero attached hydrogens (tertiary/aromatic N) is 1. The van der Waals surface area contributed by atoms with Crippen molar-refractivity contribution in [3.05, 3.63) is 60.3 Å². The van der Waals surface area contributed by atoms with Crippen molar-refractivity contribution in [2.75, 3.05) is 0 Å². The zero-order valence-corrected chi connectivity index (χ0v) is 19.2. The summed E-state index contributed by atoms with van der Waals surface area (Å²) < 4.78 is 2.71. The highest BCUT2D eigenvalue weighted by Gasteiger charge is 2.21. The molecule has 2 aromatic carbocycles. The third-order valence-electron chi connectivity index (χ3n) is 5.52. The van der Waals surface area contributed by atoms with Crippen molar-refractivity contribution in [2.24, 2.45) is 0 Å². The number of aromatic nitrogens is 1. The lowest BCUT2D eigenvalue weighted by Crippen LogP contribution is -2.40. The van der Waals surface area contributed by atoms with E-state index in [0.29, 0.717) is 0 Å². The lowest BCUT2D eigenvalue weighted by atomic mass is 10.0. The molecule has 4 aromatic rings. The van der Waals surface area contributed by atoms with Crippen LogP contribution in [0.15, 0.2) is 54.7 Å². The summed E-state index contributed by atoms with van der Waals surface area (Å²) in [6, 6.07) is 17.9. The molecule has 0 unspecified atom stereocenters. The smallest absolute Gasteiger partial charge is 0.0799 e. The number of hydrogen-bond acceptors (Lipinski definition) is 2. The van der Waals surface area contributed by atoms with E-state index in [1.807, 2.05) is 11.3 Å². The lowest BCUT2D eigenvalue weighted by Gasteiger charge is -2.21. The van der Waals surface area contributed by atoms with Crippen LogP contribution < -0.4 is 5.19 Å². The van der Waals surface area contributed by atoms with E-state index in [4.69, 9.17) is 4.98 Å². The maximum absolute atomic E-state index is 4.91. The zero-order valence-electron chi connectivity index (χ0n) is 17.4. The van der Waals surface area contributed by atoms with Gasteiger partial charge in [-0.05, 0) is 47.9 Å². The highest BCUT2D eigenvalue weighted by molar-refractivity contribution is 7.25. The summed E-state index contributed by atoms with van der Waals surface area (Å²) in [6.45, 7) is 9.56. The fourth-order valence-corrected chi connectivity index (χ4v) is 6.69. The number of thiophene rings is 1. The summed E-state index contributed by atoms with van der Waals surface area (Å²) in [5.41, 5.74) is 3.87. The van der Waals surface area contributed by atoms with E-state index < -0.39 is 8.07 Å². The summed E-state index contributed by atoms with van der Waals surface area (Å²) in [5, 5.41) is 4.22. The molecule has 0 N–H and O–H groups in total. The SMILES string of the molecule is CCCCCc1cc(-c2ccc3sc4ccccc4c3c2)ncc1[Si](C)(C)C. The fourth-order valence-electron chi connectivity index (χ4n) is 3.99. The van der Waals surface area contributed by atoms with Gasteiger partial charge < -0.3 is 0 Å². The predicted octanol–water partition coefficient (Wildman–Crippen LogP) is 7.39. The van der Waals surface area contributed by atoms with Gasteiger partial charge in [0.1, 0.15) is 0 Å². The second-order valence-electron chi connectivity index (χ2n) is 8.74. The van der Waals surface area contributed by atoms with Crippen LogP contribution in [0.1, 0.15) is 31.7 Å². The van der Waals surface area contributed by atoms with E-state index in [2.05, 4.69) is 81.3 Å². The Morgan fingerprint density at radius 3 is 2.46 bits per heavy atom. The molecule has 0 fully saturated rings. The van der Waals surface area contributed by atoms with Gasteiger partial charge in [0.05, 0.1) is 13.8 Å². The Hall–Kier alpha value is -1.97. The number of pyridine rings is 1. The van der Waals surface area contributed by atoms with E-state index in [1.54, 1.807) is 0 Å². The van der Waals surface area contributed by atoms with Gasteiger partial charge in [0, 0.05) is 31.9 Å². The Morgan fingerprint density at radius 1 is 0.893 bits per heavy atom. The molecule has 0 atom stereocenters. The molecule has 28 heavy (non-hydrogen) atoms. The lowest BCUT2D eigenvalue weighted by molar-refractivity contribution is 0.718. The third-order valence-corrected chi connectivity index (χ3v) is 8.74. The molecule has 1 nitrogen and oxygen atoms in total. The quantitative estimate of drug-likeness (QED) is 0.241. The fraction of sp³-hybridized carbons (Fsp3) is 0.320. The number of benzene rings is 2. The van der Waals surface area contributed by atoms with E-state index >= 15 is 0 Å². The standard InChI is InChI=1S/C25H29NSSi/c1-5-6-7-10-19-16-22(26-17-25(19)28(2,3)4)18-13-14-24-21(15-18)20-11-8-9-12-23(20)27-24/h8-9,11-17H,5-7,10H2,1-4H3. The summed E-state index contributed by atoms with van der Waals surface area (Å²) in [5.74, 6) is 0. The molecule has 0 aliphatic heterocycles. The first-order valence-electron chi connectivity index (χ1n) is 10.4. The monoisotopic (exact) mass is 403 g/mol. The van der Waals surface area contributed by atoms with Crippen LogP contribution in [-0.2, 0) is 6.42 Å². The Balaban J connectivity index is 1.79. The van der Waals surface area contributed by atoms with E-state index in [-0.39, 0.29) is 0 Å². The molecule has 0 spiro atoms. The van der Waals surface area contributed by atoms with E-state index in [1.165, 1.54) is 62.2 Å². The minimum Gasteiger partial charge on any atom is -0.256 e. The molecule has 2 aromatic heterocycles. The molecule has 2 heterocycles. The maximum Gasteiger partial charge on any atom is 0.0799 e. The second kappa shape index (κ2) is 7.80. The number of aryl methyl sites for hydroxylation is 1. The number of unbranched alkanes of at least 4 members (excludes halogenated alkanes) is 2. The van der Waals surface area contributed by atoms with Gasteiger partial charge in [-0.1, -0.05) is 63.7 Å². The molecule has 0 radical (unpaired) electrons. The van der Waals surface area contributed by atoms with Gasteiger partial charge in [0.2, 0.25) is 0 Å². The summed E-state index contributed by atoms with van der Waals surface area (Å²) >= 11 is 1.87. The van der Waals surface area contributed by atoms with Crippen molar-refractivity contribution in [3.8, 4) is 11.3 Å². The van der Waals surface area contributed by atoms with Gasteiger partial charge in [0.25, 0.3) is 0 Å². The van der Waals surface area contributed by atoms with Crippen LogP contribution in [0.5, 0.6) is 0 Å². The molecular formula is C25H29NSSi. The average molecular weight is 404 g/mol. The highest BCUT2D eigenvalue weighted by Crippen LogP contribution is 2.36. The first-order valence-corrected chi connectivity index (χ1v) is 14.7. The molecule has 3 heteroatoms. The number of hydrogen-bond donors (Lipinski definition) is 0. The average Bonchev–Trinajstić information content (AvgIpc) is 3.05.